The number of carbonyl (C=O) groups excluding carboxylic acids is 1. The number of aromatic nitrogens is 2. The molecular formula is C24H19ClFN3O2S. The van der Waals surface area contributed by atoms with E-state index in [-0.39, 0.29) is 29.6 Å². The van der Waals surface area contributed by atoms with Gasteiger partial charge in [-0.1, -0.05) is 53.7 Å². The molecule has 0 atom stereocenters. The number of nitrogens with one attached hydrogen (secondary N) is 1. The van der Waals surface area contributed by atoms with Gasteiger partial charge >= 0.3 is 0 Å². The molecule has 0 aliphatic rings. The topological polar surface area (TPSA) is 64.0 Å². The third-order valence-electron chi connectivity index (χ3n) is 4.95. The molecule has 0 aliphatic heterocycles. The van der Waals surface area contributed by atoms with Crippen molar-refractivity contribution in [3.8, 4) is 0 Å². The second kappa shape index (κ2) is 9.54. The van der Waals surface area contributed by atoms with Gasteiger partial charge in [0.25, 0.3) is 5.56 Å². The van der Waals surface area contributed by atoms with Gasteiger partial charge in [-0.15, -0.1) is 0 Å². The Bertz CT molecular complexity index is 1360. The Kier molecular flexibility index (Phi) is 6.58. The van der Waals surface area contributed by atoms with Crippen molar-refractivity contribution in [3.63, 3.8) is 0 Å². The average Bonchev–Trinajstić information content (AvgIpc) is 2.79. The third-order valence-corrected chi connectivity index (χ3v) is 6.34. The summed E-state index contributed by atoms with van der Waals surface area (Å²) in [7, 11) is 0. The Hall–Kier alpha value is -3.16. The Morgan fingerprint density at radius 1 is 1.09 bits per heavy atom. The van der Waals surface area contributed by atoms with Gasteiger partial charge in [-0.2, -0.15) is 0 Å². The Morgan fingerprint density at radius 3 is 2.62 bits per heavy atom. The number of carbonyl (C=O) groups is 1. The molecule has 1 N–H and O–H groups in total. The van der Waals surface area contributed by atoms with Crippen LogP contribution in [-0.4, -0.2) is 21.2 Å². The van der Waals surface area contributed by atoms with Crippen LogP contribution in [-0.2, 0) is 11.3 Å². The molecule has 4 aromatic rings. The summed E-state index contributed by atoms with van der Waals surface area (Å²) in [6.45, 7) is 2.05. The fraction of sp³-hybridized carbons (Fsp3) is 0.125. The van der Waals surface area contributed by atoms with Crippen LogP contribution in [0.1, 0.15) is 11.1 Å². The van der Waals surface area contributed by atoms with Crippen LogP contribution in [0.2, 0.25) is 5.02 Å². The zero-order chi connectivity index (χ0) is 22.7. The van der Waals surface area contributed by atoms with Gasteiger partial charge in [-0.25, -0.2) is 9.37 Å². The minimum atomic E-state index is -0.347. The molecule has 5 nitrogen and oxygen atoms in total. The highest BCUT2D eigenvalue weighted by Crippen LogP contribution is 2.24. The summed E-state index contributed by atoms with van der Waals surface area (Å²) in [5.74, 6) is -0.531. The van der Waals surface area contributed by atoms with E-state index in [9.17, 15) is 14.0 Å². The number of nitrogens with zero attached hydrogens (tertiary/aromatic N) is 2. The summed E-state index contributed by atoms with van der Waals surface area (Å²) >= 11 is 7.29. The number of hydrogen-bond acceptors (Lipinski definition) is 4. The summed E-state index contributed by atoms with van der Waals surface area (Å²) < 4.78 is 14.8. The molecule has 32 heavy (non-hydrogen) atoms. The highest BCUT2D eigenvalue weighted by molar-refractivity contribution is 7.99. The Labute approximate surface area is 193 Å². The summed E-state index contributed by atoms with van der Waals surface area (Å²) in [4.78, 5) is 30.3. The number of anilines is 1. The first-order valence-corrected chi connectivity index (χ1v) is 11.2. The molecule has 4 rings (SSSR count). The molecule has 162 valence electrons. The molecule has 1 amide bonds. The van der Waals surface area contributed by atoms with Crippen LogP contribution < -0.4 is 10.9 Å². The van der Waals surface area contributed by atoms with E-state index in [0.29, 0.717) is 26.8 Å². The first kappa shape index (κ1) is 22.0. The van der Waals surface area contributed by atoms with Crippen LogP contribution in [0.3, 0.4) is 0 Å². The maximum atomic E-state index is 13.3. The van der Waals surface area contributed by atoms with Crippen LogP contribution in [0.4, 0.5) is 10.1 Å². The highest BCUT2D eigenvalue weighted by Gasteiger charge is 2.14. The lowest BCUT2D eigenvalue weighted by atomic mass is 10.2. The lowest BCUT2D eigenvalue weighted by molar-refractivity contribution is -0.113. The second-order valence-corrected chi connectivity index (χ2v) is 8.53. The number of thioether (sulfide) groups is 1. The van der Waals surface area contributed by atoms with Crippen molar-refractivity contribution in [3.05, 3.63) is 99.1 Å². The van der Waals surface area contributed by atoms with E-state index in [1.54, 1.807) is 48.5 Å². The van der Waals surface area contributed by atoms with Crippen molar-refractivity contribution in [2.75, 3.05) is 11.1 Å². The molecule has 0 spiro atoms. The van der Waals surface area contributed by atoms with Gasteiger partial charge in [-0.3, -0.25) is 14.2 Å². The predicted octanol–water partition coefficient (Wildman–Crippen LogP) is 5.28. The average molecular weight is 468 g/mol. The smallest absolute Gasteiger partial charge is 0.262 e. The van der Waals surface area contributed by atoms with Crippen molar-refractivity contribution >= 4 is 45.9 Å². The molecular weight excluding hydrogens is 449 g/mol. The summed E-state index contributed by atoms with van der Waals surface area (Å²) in [6.07, 6.45) is 0. The third kappa shape index (κ3) is 4.84. The van der Waals surface area contributed by atoms with Crippen molar-refractivity contribution in [2.24, 2.45) is 0 Å². The molecule has 0 unspecified atom stereocenters. The fourth-order valence-corrected chi connectivity index (χ4v) is 4.20. The Balaban J connectivity index is 1.61. The quantitative estimate of drug-likeness (QED) is 0.309. The lowest BCUT2D eigenvalue weighted by Gasteiger charge is -2.14. The zero-order valence-electron chi connectivity index (χ0n) is 17.1. The van der Waals surface area contributed by atoms with Crippen LogP contribution in [0.25, 0.3) is 10.9 Å². The minimum Gasteiger partial charge on any atom is -0.325 e. The maximum Gasteiger partial charge on any atom is 0.262 e. The van der Waals surface area contributed by atoms with Gasteiger partial charge < -0.3 is 5.32 Å². The van der Waals surface area contributed by atoms with E-state index in [1.165, 1.54) is 28.5 Å². The van der Waals surface area contributed by atoms with Gasteiger partial charge in [0.1, 0.15) is 5.82 Å². The number of hydrogen-bond donors (Lipinski definition) is 1. The van der Waals surface area contributed by atoms with Gasteiger partial charge in [0.05, 0.1) is 23.2 Å². The number of benzene rings is 3. The summed E-state index contributed by atoms with van der Waals surface area (Å²) in [6, 6.07) is 18.3. The van der Waals surface area contributed by atoms with E-state index in [2.05, 4.69) is 10.3 Å². The highest BCUT2D eigenvalue weighted by atomic mass is 35.5. The van der Waals surface area contributed by atoms with Crippen LogP contribution in [0.15, 0.2) is 76.7 Å². The standard InChI is InChI=1S/C24H19ClFN3O2S/c1-15-19(25)6-4-8-20(15)27-22(30)14-32-24-28-21-7-3-2-5-18(21)23(31)29(24)13-16-9-11-17(26)12-10-16/h2-12H,13-14H2,1H3,(H,27,30). The van der Waals surface area contributed by atoms with E-state index in [4.69, 9.17) is 11.6 Å². The monoisotopic (exact) mass is 467 g/mol. The molecule has 0 saturated heterocycles. The molecule has 0 radical (unpaired) electrons. The van der Waals surface area contributed by atoms with Crippen LogP contribution in [0, 0.1) is 12.7 Å². The second-order valence-electron chi connectivity index (χ2n) is 7.18. The molecule has 3 aromatic carbocycles. The zero-order valence-corrected chi connectivity index (χ0v) is 18.7. The first-order chi connectivity index (χ1) is 15.4. The largest absolute Gasteiger partial charge is 0.325 e. The molecule has 0 aliphatic carbocycles. The molecule has 0 saturated carbocycles. The molecule has 0 fully saturated rings. The number of para-hydroxylation sites is 1. The number of fused-ring (bicyclic) bond motifs is 1. The molecule has 0 bridgehead atoms. The van der Waals surface area contributed by atoms with Crippen molar-refractivity contribution in [2.45, 2.75) is 18.6 Å². The van der Waals surface area contributed by atoms with Crippen LogP contribution in [0.5, 0.6) is 0 Å². The number of rotatable bonds is 6. The van der Waals surface area contributed by atoms with E-state index in [0.717, 1.165) is 11.1 Å². The van der Waals surface area contributed by atoms with E-state index in [1.807, 2.05) is 13.0 Å². The van der Waals surface area contributed by atoms with E-state index >= 15 is 0 Å². The SMILES string of the molecule is Cc1c(Cl)cccc1NC(=O)CSc1nc2ccccc2c(=O)n1Cc1ccc(F)cc1. The predicted molar refractivity (Wildman–Crippen MR) is 127 cm³/mol. The first-order valence-electron chi connectivity index (χ1n) is 9.84. The maximum absolute atomic E-state index is 13.3. The number of amides is 1. The molecule has 8 heteroatoms. The van der Waals surface area contributed by atoms with E-state index < -0.39 is 0 Å². The van der Waals surface area contributed by atoms with Gasteiger partial charge in [0, 0.05) is 10.7 Å². The van der Waals surface area contributed by atoms with Crippen molar-refractivity contribution in [1.82, 2.24) is 9.55 Å². The molecule has 1 aromatic heterocycles. The van der Waals surface area contributed by atoms with Crippen molar-refractivity contribution < 1.29 is 9.18 Å². The fourth-order valence-electron chi connectivity index (χ4n) is 3.23. The van der Waals surface area contributed by atoms with Crippen molar-refractivity contribution in [1.29, 1.82) is 0 Å². The Morgan fingerprint density at radius 2 is 1.84 bits per heavy atom. The number of halogens is 2. The lowest BCUT2D eigenvalue weighted by Crippen LogP contribution is -2.25. The van der Waals surface area contributed by atoms with Gasteiger partial charge in [-0.05, 0) is 54.4 Å². The minimum absolute atomic E-state index is 0.0557. The van der Waals surface area contributed by atoms with Gasteiger partial charge in [0.15, 0.2) is 5.16 Å². The normalized spacial score (nSPS) is 11.0. The summed E-state index contributed by atoms with van der Waals surface area (Å²) in [5.41, 5.74) is 2.52. The summed E-state index contributed by atoms with van der Waals surface area (Å²) in [5, 5.41) is 4.31. The van der Waals surface area contributed by atoms with Gasteiger partial charge in [0.2, 0.25) is 5.91 Å². The molecule has 1 heterocycles. The van der Waals surface area contributed by atoms with Crippen LogP contribution >= 0.6 is 23.4 Å².